The van der Waals surface area contributed by atoms with E-state index in [0.717, 1.165) is 35.6 Å². The lowest BCUT2D eigenvalue weighted by atomic mass is 10.1. The van der Waals surface area contributed by atoms with Crippen LogP contribution in [0.15, 0.2) is 52.6 Å². The van der Waals surface area contributed by atoms with Crippen LogP contribution in [0.4, 0.5) is 0 Å². The molecule has 0 aliphatic carbocycles. The number of fused-ring (bicyclic) bond motifs is 1. The molecule has 0 radical (unpaired) electrons. The molecule has 1 N–H and O–H groups in total. The van der Waals surface area contributed by atoms with E-state index in [4.69, 9.17) is 4.98 Å². The monoisotopic (exact) mass is 422 g/mol. The number of aromatic nitrogens is 2. The van der Waals surface area contributed by atoms with Crippen molar-refractivity contribution in [3.63, 3.8) is 0 Å². The van der Waals surface area contributed by atoms with E-state index in [0.29, 0.717) is 25.3 Å². The normalized spacial score (nSPS) is 13.8. The molecule has 4 rings (SSSR count). The number of benzene rings is 1. The standard InChI is InChI=1S/C23H26N4O2S/c1-2-21-25-20-10-11-26(14-17-7-4-3-5-8-17)15-19(20)23(29)27(21)16-22(28)24-13-18-9-6-12-30-18/h3-9,12H,2,10-11,13-16H2,1H3,(H,24,28). The summed E-state index contributed by atoms with van der Waals surface area (Å²) < 4.78 is 1.55. The Morgan fingerprint density at radius 1 is 1.20 bits per heavy atom. The van der Waals surface area contributed by atoms with Crippen LogP contribution in [0.1, 0.15) is 34.4 Å². The zero-order valence-electron chi connectivity index (χ0n) is 17.1. The number of carbonyl (C=O) groups is 1. The number of hydrogen-bond donors (Lipinski definition) is 1. The molecule has 0 saturated heterocycles. The zero-order chi connectivity index (χ0) is 20.9. The Hall–Kier alpha value is -2.77. The van der Waals surface area contributed by atoms with Crippen molar-refractivity contribution in [2.75, 3.05) is 6.54 Å². The second-order valence-electron chi connectivity index (χ2n) is 7.50. The van der Waals surface area contributed by atoms with Crippen molar-refractivity contribution in [2.45, 2.75) is 45.9 Å². The molecule has 0 saturated carbocycles. The lowest BCUT2D eigenvalue weighted by Crippen LogP contribution is -2.41. The van der Waals surface area contributed by atoms with Crippen LogP contribution >= 0.6 is 11.3 Å². The molecule has 6 nitrogen and oxygen atoms in total. The average Bonchev–Trinajstić information content (AvgIpc) is 3.29. The van der Waals surface area contributed by atoms with Crippen LogP contribution in [0.25, 0.3) is 0 Å². The van der Waals surface area contributed by atoms with E-state index in [-0.39, 0.29) is 18.0 Å². The summed E-state index contributed by atoms with van der Waals surface area (Å²) in [6.45, 7) is 4.71. The maximum Gasteiger partial charge on any atom is 0.258 e. The minimum absolute atomic E-state index is 0.00630. The van der Waals surface area contributed by atoms with Crippen LogP contribution in [0, 0.1) is 0 Å². The Morgan fingerprint density at radius 2 is 2.03 bits per heavy atom. The van der Waals surface area contributed by atoms with Crippen LogP contribution < -0.4 is 10.9 Å². The van der Waals surface area contributed by atoms with Crippen molar-refractivity contribution < 1.29 is 4.79 Å². The predicted octanol–water partition coefficient (Wildman–Crippen LogP) is 2.74. The third-order valence-electron chi connectivity index (χ3n) is 5.38. The van der Waals surface area contributed by atoms with Gasteiger partial charge in [-0.05, 0) is 17.0 Å². The highest BCUT2D eigenvalue weighted by molar-refractivity contribution is 7.09. The molecule has 1 amide bonds. The Bertz CT molecular complexity index is 1060. The van der Waals surface area contributed by atoms with Gasteiger partial charge in [0.1, 0.15) is 12.4 Å². The SMILES string of the molecule is CCc1nc2c(c(=O)n1CC(=O)NCc1cccs1)CN(Cc1ccccc1)CC2. The molecule has 0 atom stereocenters. The fraction of sp³-hybridized carbons (Fsp3) is 0.348. The van der Waals surface area contributed by atoms with Crippen LogP contribution in [-0.4, -0.2) is 26.9 Å². The Morgan fingerprint density at radius 3 is 2.77 bits per heavy atom. The molecule has 3 heterocycles. The van der Waals surface area contributed by atoms with E-state index < -0.39 is 0 Å². The van der Waals surface area contributed by atoms with Gasteiger partial charge in [-0.3, -0.25) is 19.1 Å². The second-order valence-corrected chi connectivity index (χ2v) is 8.53. The zero-order valence-corrected chi connectivity index (χ0v) is 18.0. The first-order valence-corrected chi connectivity index (χ1v) is 11.2. The van der Waals surface area contributed by atoms with Gasteiger partial charge in [-0.25, -0.2) is 4.98 Å². The molecule has 0 fully saturated rings. The van der Waals surface area contributed by atoms with Crippen LogP contribution in [0.2, 0.25) is 0 Å². The maximum absolute atomic E-state index is 13.3. The summed E-state index contributed by atoms with van der Waals surface area (Å²) in [6, 6.07) is 14.2. The lowest BCUT2D eigenvalue weighted by Gasteiger charge is -2.28. The van der Waals surface area contributed by atoms with Crippen molar-refractivity contribution in [2.24, 2.45) is 0 Å². The first-order chi connectivity index (χ1) is 14.6. The number of amides is 1. The summed E-state index contributed by atoms with van der Waals surface area (Å²) >= 11 is 1.60. The highest BCUT2D eigenvalue weighted by Gasteiger charge is 2.24. The number of rotatable bonds is 7. The molecule has 156 valence electrons. The van der Waals surface area contributed by atoms with Gasteiger partial charge >= 0.3 is 0 Å². The van der Waals surface area contributed by atoms with Gasteiger partial charge in [0.05, 0.1) is 17.8 Å². The number of carbonyl (C=O) groups excluding carboxylic acids is 1. The molecule has 2 aromatic heterocycles. The molecule has 0 unspecified atom stereocenters. The molecule has 3 aromatic rings. The quantitative estimate of drug-likeness (QED) is 0.636. The third-order valence-corrected chi connectivity index (χ3v) is 6.26. The summed E-state index contributed by atoms with van der Waals surface area (Å²) in [6.07, 6.45) is 1.38. The first-order valence-electron chi connectivity index (χ1n) is 10.3. The van der Waals surface area contributed by atoms with Gasteiger partial charge in [-0.1, -0.05) is 43.3 Å². The van der Waals surface area contributed by atoms with Crippen molar-refractivity contribution in [1.29, 1.82) is 0 Å². The third kappa shape index (κ3) is 4.68. The molecule has 1 aromatic carbocycles. The largest absolute Gasteiger partial charge is 0.350 e. The highest BCUT2D eigenvalue weighted by atomic mass is 32.1. The first kappa shape index (κ1) is 20.5. The van der Waals surface area contributed by atoms with Crippen LogP contribution in [0.3, 0.4) is 0 Å². The fourth-order valence-corrected chi connectivity index (χ4v) is 4.47. The Labute approximate surface area is 180 Å². The molecule has 0 spiro atoms. The van der Waals surface area contributed by atoms with Gasteiger partial charge in [-0.2, -0.15) is 0 Å². The summed E-state index contributed by atoms with van der Waals surface area (Å²) in [7, 11) is 0. The van der Waals surface area contributed by atoms with Crippen molar-refractivity contribution in [1.82, 2.24) is 19.8 Å². The minimum Gasteiger partial charge on any atom is -0.350 e. The van der Waals surface area contributed by atoms with E-state index in [1.807, 2.05) is 42.6 Å². The van der Waals surface area contributed by atoms with Crippen LogP contribution in [0.5, 0.6) is 0 Å². The predicted molar refractivity (Wildman–Crippen MR) is 118 cm³/mol. The van der Waals surface area contributed by atoms with E-state index in [1.54, 1.807) is 15.9 Å². The van der Waals surface area contributed by atoms with Gasteiger partial charge < -0.3 is 5.32 Å². The van der Waals surface area contributed by atoms with Crippen molar-refractivity contribution in [3.8, 4) is 0 Å². The molecule has 30 heavy (non-hydrogen) atoms. The van der Waals surface area contributed by atoms with Crippen LogP contribution in [-0.2, 0) is 43.8 Å². The Balaban J connectivity index is 1.51. The smallest absolute Gasteiger partial charge is 0.258 e. The molecule has 1 aliphatic rings. The van der Waals surface area contributed by atoms with Gasteiger partial charge in [0.15, 0.2) is 0 Å². The van der Waals surface area contributed by atoms with Crippen molar-refractivity contribution >= 4 is 17.2 Å². The van der Waals surface area contributed by atoms with Gasteiger partial charge in [0, 0.05) is 37.4 Å². The molecule has 0 bridgehead atoms. The van der Waals surface area contributed by atoms with E-state index in [2.05, 4.69) is 22.3 Å². The Kier molecular flexibility index (Phi) is 6.40. The van der Waals surface area contributed by atoms with E-state index in [1.165, 1.54) is 5.56 Å². The summed E-state index contributed by atoms with van der Waals surface area (Å²) in [5.74, 6) is 0.514. The van der Waals surface area contributed by atoms with E-state index in [9.17, 15) is 9.59 Å². The number of hydrogen-bond acceptors (Lipinski definition) is 5. The van der Waals surface area contributed by atoms with Gasteiger partial charge in [0.2, 0.25) is 5.91 Å². The lowest BCUT2D eigenvalue weighted by molar-refractivity contribution is -0.121. The fourth-order valence-electron chi connectivity index (χ4n) is 3.83. The minimum atomic E-state index is -0.168. The summed E-state index contributed by atoms with van der Waals surface area (Å²) in [5, 5.41) is 4.89. The van der Waals surface area contributed by atoms with Gasteiger partial charge in [0.25, 0.3) is 5.56 Å². The van der Waals surface area contributed by atoms with Crippen molar-refractivity contribution in [3.05, 3.63) is 85.7 Å². The topological polar surface area (TPSA) is 67.2 Å². The summed E-state index contributed by atoms with van der Waals surface area (Å²) in [5.41, 5.74) is 2.75. The summed E-state index contributed by atoms with van der Waals surface area (Å²) in [4.78, 5) is 33.9. The van der Waals surface area contributed by atoms with E-state index >= 15 is 0 Å². The maximum atomic E-state index is 13.3. The number of nitrogens with one attached hydrogen (secondary N) is 1. The number of nitrogens with zero attached hydrogens (tertiary/aromatic N) is 3. The average molecular weight is 423 g/mol. The molecule has 1 aliphatic heterocycles. The molecular weight excluding hydrogens is 396 g/mol. The number of thiophene rings is 1. The highest BCUT2D eigenvalue weighted by Crippen LogP contribution is 2.17. The second kappa shape index (κ2) is 9.36. The van der Waals surface area contributed by atoms with Gasteiger partial charge in [-0.15, -0.1) is 11.3 Å². The number of aryl methyl sites for hydroxylation is 1. The molecular formula is C23H26N4O2S. The molecule has 7 heteroatoms.